The Hall–Kier alpha value is -3.23. The number of piperidine rings is 1. The Bertz CT molecular complexity index is 1360. The predicted octanol–water partition coefficient (Wildman–Crippen LogP) is 4.07. The van der Waals surface area contributed by atoms with Gasteiger partial charge in [-0.2, -0.15) is 0 Å². The van der Waals surface area contributed by atoms with Crippen LogP contribution in [-0.2, 0) is 0 Å². The maximum absolute atomic E-state index is 13.9. The zero-order valence-electron chi connectivity index (χ0n) is 22.3. The zero-order valence-corrected chi connectivity index (χ0v) is 23.1. The van der Waals surface area contributed by atoms with E-state index in [9.17, 15) is 9.59 Å². The van der Waals surface area contributed by atoms with Crippen LogP contribution in [0.5, 0.6) is 0 Å². The van der Waals surface area contributed by atoms with Crippen molar-refractivity contribution in [1.82, 2.24) is 20.1 Å². The SMILES string of the molecule is Cc1cccc(-c2sc(C)nc2C(=O)N2CC3CC3C2CNC(=O)c2ccccc2N2CCN(C)CC2)c1. The molecule has 0 radical (unpaired) electrons. The molecular weight excluding hydrogens is 494 g/mol. The van der Waals surface area contributed by atoms with Crippen molar-refractivity contribution in [3.8, 4) is 10.4 Å². The van der Waals surface area contributed by atoms with Gasteiger partial charge < -0.3 is 20.0 Å². The molecule has 2 aliphatic heterocycles. The van der Waals surface area contributed by atoms with Crippen molar-refractivity contribution >= 4 is 28.8 Å². The van der Waals surface area contributed by atoms with Crippen LogP contribution in [0.3, 0.4) is 0 Å². The lowest BCUT2D eigenvalue weighted by Gasteiger charge is -2.35. The first kappa shape index (κ1) is 25.1. The summed E-state index contributed by atoms with van der Waals surface area (Å²) in [6.45, 7) is 9.01. The molecule has 3 aliphatic rings. The first-order chi connectivity index (χ1) is 18.4. The summed E-state index contributed by atoms with van der Waals surface area (Å²) in [7, 11) is 2.13. The van der Waals surface area contributed by atoms with E-state index in [1.807, 2.05) is 48.2 Å². The van der Waals surface area contributed by atoms with Crippen molar-refractivity contribution in [3.05, 3.63) is 70.4 Å². The Morgan fingerprint density at radius 1 is 1.05 bits per heavy atom. The zero-order chi connectivity index (χ0) is 26.4. The summed E-state index contributed by atoms with van der Waals surface area (Å²) in [5.41, 5.74) is 4.43. The molecule has 1 aromatic heterocycles. The number of likely N-dealkylation sites (N-methyl/N-ethyl adjacent to an activating group) is 1. The highest BCUT2D eigenvalue weighted by molar-refractivity contribution is 7.15. The van der Waals surface area contributed by atoms with Gasteiger partial charge in [-0.05, 0) is 56.8 Å². The van der Waals surface area contributed by atoms with Crippen molar-refractivity contribution in [2.45, 2.75) is 26.3 Å². The van der Waals surface area contributed by atoms with Gasteiger partial charge in [0.25, 0.3) is 11.8 Å². The molecule has 8 heteroatoms. The van der Waals surface area contributed by atoms with E-state index in [0.717, 1.165) is 65.8 Å². The fourth-order valence-corrected chi connectivity index (χ4v) is 6.94. The first-order valence-corrected chi connectivity index (χ1v) is 14.4. The number of hydrogen-bond acceptors (Lipinski definition) is 6. The Balaban J connectivity index is 1.18. The number of carbonyl (C=O) groups excluding carboxylic acids is 2. The molecule has 198 valence electrons. The van der Waals surface area contributed by atoms with Gasteiger partial charge in [0.2, 0.25) is 0 Å². The minimum atomic E-state index is -0.0685. The summed E-state index contributed by atoms with van der Waals surface area (Å²) in [5, 5.41) is 4.08. The van der Waals surface area contributed by atoms with Gasteiger partial charge in [0, 0.05) is 45.0 Å². The number of anilines is 1. The maximum Gasteiger partial charge on any atom is 0.274 e. The summed E-state index contributed by atoms with van der Waals surface area (Å²) in [6.07, 6.45) is 1.13. The Kier molecular flexibility index (Phi) is 6.70. The number of likely N-dealkylation sites (tertiary alicyclic amines) is 1. The molecule has 6 rings (SSSR count). The van der Waals surface area contributed by atoms with Gasteiger partial charge in [-0.3, -0.25) is 9.59 Å². The van der Waals surface area contributed by atoms with Crippen LogP contribution in [0.25, 0.3) is 10.4 Å². The molecule has 38 heavy (non-hydrogen) atoms. The lowest BCUT2D eigenvalue weighted by Crippen LogP contribution is -2.47. The molecule has 2 saturated heterocycles. The van der Waals surface area contributed by atoms with Crippen LogP contribution in [0.1, 0.15) is 37.8 Å². The number of fused-ring (bicyclic) bond motifs is 1. The largest absolute Gasteiger partial charge is 0.368 e. The van der Waals surface area contributed by atoms with Crippen LogP contribution < -0.4 is 10.2 Å². The molecule has 3 aromatic rings. The number of aromatic nitrogens is 1. The van der Waals surface area contributed by atoms with Crippen LogP contribution in [0.4, 0.5) is 5.69 Å². The van der Waals surface area contributed by atoms with Crippen molar-refractivity contribution in [1.29, 1.82) is 0 Å². The van der Waals surface area contributed by atoms with E-state index in [-0.39, 0.29) is 17.9 Å². The first-order valence-electron chi connectivity index (χ1n) is 13.5. The Morgan fingerprint density at radius 3 is 2.63 bits per heavy atom. The molecule has 2 amide bonds. The molecule has 1 aliphatic carbocycles. The normalized spacial score (nSPS) is 22.9. The van der Waals surface area contributed by atoms with E-state index in [1.165, 1.54) is 0 Å². The van der Waals surface area contributed by atoms with Gasteiger partial charge in [0.15, 0.2) is 0 Å². The second-order valence-corrected chi connectivity index (χ2v) is 12.2. The van der Waals surface area contributed by atoms with Crippen LogP contribution in [0.15, 0.2) is 48.5 Å². The molecule has 2 aromatic carbocycles. The minimum Gasteiger partial charge on any atom is -0.368 e. The molecule has 3 heterocycles. The number of hydrogen-bond donors (Lipinski definition) is 1. The number of amides is 2. The third-order valence-electron chi connectivity index (χ3n) is 8.25. The van der Waals surface area contributed by atoms with E-state index in [0.29, 0.717) is 29.6 Å². The summed E-state index contributed by atoms with van der Waals surface area (Å²) in [6, 6.07) is 16.1. The highest BCUT2D eigenvalue weighted by Crippen LogP contribution is 2.50. The summed E-state index contributed by atoms with van der Waals surface area (Å²) in [5.74, 6) is 0.894. The molecule has 0 bridgehead atoms. The second kappa shape index (κ2) is 10.2. The fraction of sp³-hybridized carbons (Fsp3) is 0.433. The van der Waals surface area contributed by atoms with E-state index in [2.05, 4.69) is 46.2 Å². The van der Waals surface area contributed by atoms with Crippen LogP contribution in [-0.4, -0.2) is 79.0 Å². The monoisotopic (exact) mass is 529 g/mol. The number of para-hydroxylation sites is 1. The minimum absolute atomic E-state index is 0.000357. The summed E-state index contributed by atoms with van der Waals surface area (Å²) < 4.78 is 0. The molecule has 3 fully saturated rings. The van der Waals surface area contributed by atoms with E-state index >= 15 is 0 Å². The average molecular weight is 530 g/mol. The maximum atomic E-state index is 13.9. The van der Waals surface area contributed by atoms with Gasteiger partial charge >= 0.3 is 0 Å². The van der Waals surface area contributed by atoms with E-state index in [4.69, 9.17) is 0 Å². The average Bonchev–Trinajstić information content (AvgIpc) is 3.43. The molecular formula is C30H35N5O2S. The smallest absolute Gasteiger partial charge is 0.274 e. The van der Waals surface area contributed by atoms with Gasteiger partial charge in [0.05, 0.1) is 21.5 Å². The molecule has 1 saturated carbocycles. The topological polar surface area (TPSA) is 68.8 Å². The molecule has 3 atom stereocenters. The lowest BCUT2D eigenvalue weighted by molar-refractivity contribution is 0.0690. The number of benzene rings is 2. The van der Waals surface area contributed by atoms with Crippen molar-refractivity contribution in [3.63, 3.8) is 0 Å². The summed E-state index contributed by atoms with van der Waals surface area (Å²) in [4.78, 5) is 39.5. The number of carbonyl (C=O) groups is 2. The number of thiazole rings is 1. The number of rotatable bonds is 6. The third kappa shape index (κ3) is 4.83. The van der Waals surface area contributed by atoms with Crippen LogP contribution >= 0.6 is 11.3 Å². The van der Waals surface area contributed by atoms with Gasteiger partial charge in [-0.25, -0.2) is 4.98 Å². The van der Waals surface area contributed by atoms with Crippen molar-refractivity contribution in [2.24, 2.45) is 11.8 Å². The fourth-order valence-electron chi connectivity index (χ4n) is 6.04. The Morgan fingerprint density at radius 2 is 1.84 bits per heavy atom. The quantitative estimate of drug-likeness (QED) is 0.522. The van der Waals surface area contributed by atoms with E-state index < -0.39 is 0 Å². The number of piperazine rings is 1. The van der Waals surface area contributed by atoms with Crippen LogP contribution in [0.2, 0.25) is 0 Å². The number of nitrogens with zero attached hydrogens (tertiary/aromatic N) is 4. The predicted molar refractivity (Wildman–Crippen MR) is 152 cm³/mol. The van der Waals surface area contributed by atoms with Gasteiger partial charge in [-0.1, -0.05) is 42.0 Å². The molecule has 7 nitrogen and oxygen atoms in total. The molecule has 1 N–H and O–H groups in total. The second-order valence-electron chi connectivity index (χ2n) is 11.0. The standard InChI is InChI=1S/C30H35N5O2S/c1-19-7-6-8-21(15-19)28-27(32-20(2)38-28)30(37)35-18-22-16-24(22)26(35)17-31-29(36)23-9-4-5-10-25(23)34-13-11-33(3)12-14-34/h4-10,15,22,24,26H,11-14,16-18H2,1-3H3,(H,31,36). The lowest BCUT2D eigenvalue weighted by atomic mass is 10.1. The van der Waals surface area contributed by atoms with Gasteiger partial charge in [-0.15, -0.1) is 11.3 Å². The van der Waals surface area contributed by atoms with Crippen LogP contribution in [0, 0.1) is 25.7 Å². The summed E-state index contributed by atoms with van der Waals surface area (Å²) >= 11 is 1.57. The number of nitrogens with one attached hydrogen (secondary N) is 1. The van der Waals surface area contributed by atoms with Gasteiger partial charge in [0.1, 0.15) is 5.69 Å². The molecule has 3 unspecified atom stereocenters. The third-order valence-corrected chi connectivity index (χ3v) is 9.27. The van der Waals surface area contributed by atoms with E-state index in [1.54, 1.807) is 11.3 Å². The van der Waals surface area contributed by atoms with Crippen molar-refractivity contribution in [2.75, 3.05) is 51.2 Å². The molecule has 0 spiro atoms. The van der Waals surface area contributed by atoms with Crippen molar-refractivity contribution < 1.29 is 9.59 Å². The highest BCUT2D eigenvalue weighted by atomic mass is 32.1. The Labute approximate surface area is 228 Å². The number of aryl methyl sites for hydroxylation is 2. The highest BCUT2D eigenvalue weighted by Gasteiger charge is 2.54.